The van der Waals surface area contributed by atoms with E-state index in [0.717, 1.165) is 24.3 Å². The van der Waals surface area contributed by atoms with Gasteiger partial charge in [0.25, 0.3) is 0 Å². The molecule has 5 heteroatoms. The van der Waals surface area contributed by atoms with Crippen LogP contribution in [0.1, 0.15) is 18.1 Å². The number of hydrogen-bond donors (Lipinski definition) is 2. The molecule has 0 fully saturated rings. The van der Waals surface area contributed by atoms with E-state index in [4.69, 9.17) is 11.1 Å². The summed E-state index contributed by atoms with van der Waals surface area (Å²) < 4.78 is 1.92. The summed E-state index contributed by atoms with van der Waals surface area (Å²) >= 11 is 0. The Kier molecular flexibility index (Phi) is 3.85. The lowest BCUT2D eigenvalue weighted by Crippen LogP contribution is -2.16. The maximum atomic E-state index is 7.37. The van der Waals surface area contributed by atoms with Gasteiger partial charge in [0.1, 0.15) is 5.84 Å². The zero-order valence-corrected chi connectivity index (χ0v) is 11.3. The minimum absolute atomic E-state index is 0.0958. The van der Waals surface area contributed by atoms with Crippen LogP contribution in [0.2, 0.25) is 0 Å². The van der Waals surface area contributed by atoms with Gasteiger partial charge in [0.05, 0.1) is 6.20 Å². The lowest BCUT2D eigenvalue weighted by Gasteiger charge is -2.18. The van der Waals surface area contributed by atoms with Gasteiger partial charge in [-0.2, -0.15) is 5.10 Å². The number of aromatic nitrogens is 2. The highest BCUT2D eigenvalue weighted by molar-refractivity contribution is 5.95. The maximum Gasteiger partial charge on any atom is 0.122 e. The lowest BCUT2D eigenvalue weighted by atomic mass is 10.2. The van der Waals surface area contributed by atoms with Gasteiger partial charge in [-0.3, -0.25) is 10.1 Å². The molecule has 3 N–H and O–H groups in total. The third-order valence-corrected chi connectivity index (χ3v) is 3.05. The van der Waals surface area contributed by atoms with Crippen LogP contribution in [0.5, 0.6) is 0 Å². The van der Waals surface area contributed by atoms with E-state index in [1.165, 1.54) is 5.56 Å². The third-order valence-electron chi connectivity index (χ3n) is 3.05. The molecule has 0 bridgehead atoms. The van der Waals surface area contributed by atoms with Crippen LogP contribution in [0.4, 0.5) is 5.69 Å². The number of nitrogen functional groups attached to an aromatic ring is 1. The normalized spacial score (nSPS) is 10.4. The van der Waals surface area contributed by atoms with Crippen LogP contribution >= 0.6 is 0 Å². The summed E-state index contributed by atoms with van der Waals surface area (Å²) in [5, 5.41) is 11.6. The number of nitrogens with one attached hydrogen (secondary N) is 1. The van der Waals surface area contributed by atoms with Crippen molar-refractivity contribution in [2.45, 2.75) is 20.0 Å². The van der Waals surface area contributed by atoms with Gasteiger partial charge in [-0.15, -0.1) is 0 Å². The Bertz CT molecular complexity index is 555. The molecule has 0 saturated heterocycles. The Balaban J connectivity index is 2.06. The highest BCUT2D eigenvalue weighted by Crippen LogP contribution is 2.16. The predicted octanol–water partition coefficient (Wildman–Crippen LogP) is 1.82. The molecule has 0 atom stereocenters. The summed E-state index contributed by atoms with van der Waals surface area (Å²) in [7, 11) is 2.03. The van der Waals surface area contributed by atoms with Gasteiger partial charge in [-0.25, -0.2) is 0 Å². The first-order chi connectivity index (χ1) is 9.10. The topological polar surface area (TPSA) is 70.9 Å². The second-order valence-corrected chi connectivity index (χ2v) is 4.52. The molecule has 100 valence electrons. The van der Waals surface area contributed by atoms with Crippen molar-refractivity contribution in [3.05, 3.63) is 47.8 Å². The van der Waals surface area contributed by atoms with E-state index in [1.54, 1.807) is 0 Å². The summed E-state index contributed by atoms with van der Waals surface area (Å²) in [5.41, 5.74) is 8.46. The van der Waals surface area contributed by atoms with Crippen LogP contribution < -0.4 is 10.6 Å². The fourth-order valence-corrected chi connectivity index (χ4v) is 1.92. The summed E-state index contributed by atoms with van der Waals surface area (Å²) in [4.78, 5) is 2.14. The smallest absolute Gasteiger partial charge is 0.122 e. The van der Waals surface area contributed by atoms with E-state index < -0.39 is 0 Å². The molecule has 0 aliphatic rings. The van der Waals surface area contributed by atoms with Crippen LogP contribution in [0.25, 0.3) is 0 Å². The van der Waals surface area contributed by atoms with Crippen molar-refractivity contribution in [2.75, 3.05) is 11.9 Å². The molecular formula is C14H19N5. The number of aryl methyl sites for hydroxylation is 1. The van der Waals surface area contributed by atoms with Crippen molar-refractivity contribution in [3.63, 3.8) is 0 Å². The van der Waals surface area contributed by atoms with Gasteiger partial charge in [-0.05, 0) is 31.2 Å². The first kappa shape index (κ1) is 13.1. The monoisotopic (exact) mass is 257 g/mol. The Morgan fingerprint density at radius 1 is 1.37 bits per heavy atom. The zero-order valence-electron chi connectivity index (χ0n) is 11.3. The van der Waals surface area contributed by atoms with Crippen molar-refractivity contribution in [3.8, 4) is 0 Å². The highest BCUT2D eigenvalue weighted by atomic mass is 15.3. The van der Waals surface area contributed by atoms with E-state index >= 15 is 0 Å². The molecule has 0 spiro atoms. The molecular weight excluding hydrogens is 238 g/mol. The first-order valence-electron chi connectivity index (χ1n) is 6.27. The van der Waals surface area contributed by atoms with Crippen molar-refractivity contribution >= 4 is 11.5 Å². The molecule has 1 aromatic carbocycles. The van der Waals surface area contributed by atoms with E-state index in [0.29, 0.717) is 0 Å². The quantitative estimate of drug-likeness (QED) is 0.634. The molecule has 0 radical (unpaired) electrons. The van der Waals surface area contributed by atoms with Crippen LogP contribution in [-0.4, -0.2) is 22.7 Å². The van der Waals surface area contributed by atoms with Crippen LogP contribution in [-0.2, 0) is 13.1 Å². The fraction of sp³-hybridized carbons (Fsp3) is 0.286. The summed E-state index contributed by atoms with van der Waals surface area (Å²) in [5.74, 6) is 0.0958. The van der Waals surface area contributed by atoms with Gasteiger partial charge < -0.3 is 10.6 Å². The number of nitrogens with zero attached hydrogens (tertiary/aromatic N) is 3. The second-order valence-electron chi connectivity index (χ2n) is 4.52. The van der Waals surface area contributed by atoms with Gasteiger partial charge in [0.2, 0.25) is 0 Å². The molecule has 0 saturated carbocycles. The Hall–Kier alpha value is -2.30. The number of nitrogens with two attached hydrogens (primary N) is 1. The third kappa shape index (κ3) is 3.13. The average molecular weight is 257 g/mol. The predicted molar refractivity (Wildman–Crippen MR) is 77.5 cm³/mol. The molecule has 1 aromatic heterocycles. The Morgan fingerprint density at radius 3 is 2.58 bits per heavy atom. The molecule has 19 heavy (non-hydrogen) atoms. The Morgan fingerprint density at radius 2 is 2.05 bits per heavy atom. The molecule has 0 aliphatic heterocycles. The van der Waals surface area contributed by atoms with Crippen LogP contribution in [0.3, 0.4) is 0 Å². The summed E-state index contributed by atoms with van der Waals surface area (Å²) in [6.07, 6.45) is 3.95. The van der Waals surface area contributed by atoms with Crippen molar-refractivity contribution in [1.29, 1.82) is 5.41 Å². The first-order valence-corrected chi connectivity index (χ1v) is 6.27. The molecule has 5 nitrogen and oxygen atoms in total. The number of anilines is 1. The van der Waals surface area contributed by atoms with Gasteiger partial charge >= 0.3 is 0 Å². The summed E-state index contributed by atoms with van der Waals surface area (Å²) in [6, 6.07) is 7.68. The second kappa shape index (κ2) is 5.56. The number of amidine groups is 1. The SMILES string of the molecule is CCn1cc(CN(C)c2ccc(C(=N)N)cc2)cn1. The minimum Gasteiger partial charge on any atom is -0.384 e. The highest BCUT2D eigenvalue weighted by Gasteiger charge is 2.05. The summed E-state index contributed by atoms with van der Waals surface area (Å²) in [6.45, 7) is 3.76. The molecule has 1 heterocycles. The standard InChI is InChI=1S/C14H19N5/c1-3-19-10-11(8-17-19)9-18(2)13-6-4-12(5-7-13)14(15)16/h4-8,10H,3,9H2,1-2H3,(H3,15,16). The van der Waals surface area contributed by atoms with Crippen molar-refractivity contribution in [1.82, 2.24) is 9.78 Å². The van der Waals surface area contributed by atoms with Crippen LogP contribution in [0.15, 0.2) is 36.7 Å². The largest absolute Gasteiger partial charge is 0.384 e. The van der Waals surface area contributed by atoms with E-state index in [9.17, 15) is 0 Å². The average Bonchev–Trinajstić information content (AvgIpc) is 2.86. The van der Waals surface area contributed by atoms with E-state index in [-0.39, 0.29) is 5.84 Å². The fourth-order valence-electron chi connectivity index (χ4n) is 1.92. The van der Waals surface area contributed by atoms with Crippen molar-refractivity contribution < 1.29 is 0 Å². The Labute approximate surface area is 113 Å². The minimum atomic E-state index is 0.0958. The number of benzene rings is 1. The molecule has 0 amide bonds. The van der Waals surface area contributed by atoms with Gasteiger partial charge in [0, 0.05) is 43.1 Å². The molecule has 2 aromatic rings. The van der Waals surface area contributed by atoms with E-state index in [1.807, 2.05) is 42.2 Å². The number of rotatable bonds is 5. The van der Waals surface area contributed by atoms with Crippen LogP contribution in [0, 0.1) is 5.41 Å². The molecule has 0 aliphatic carbocycles. The molecule has 2 rings (SSSR count). The van der Waals surface area contributed by atoms with E-state index in [2.05, 4.69) is 23.1 Å². The maximum absolute atomic E-state index is 7.37. The van der Waals surface area contributed by atoms with Gasteiger partial charge in [0.15, 0.2) is 0 Å². The van der Waals surface area contributed by atoms with Gasteiger partial charge in [-0.1, -0.05) is 0 Å². The number of hydrogen-bond acceptors (Lipinski definition) is 3. The molecule has 0 unspecified atom stereocenters. The zero-order chi connectivity index (χ0) is 13.8. The lowest BCUT2D eigenvalue weighted by molar-refractivity contribution is 0.659. The van der Waals surface area contributed by atoms with Crippen molar-refractivity contribution in [2.24, 2.45) is 5.73 Å².